The highest BCUT2D eigenvalue weighted by Gasteiger charge is 2.76. The van der Waals surface area contributed by atoms with Crippen molar-refractivity contribution in [3.8, 4) is 23.3 Å². The standard InChI is InChI=1S/C51H47N3O10/c1-4-27-52-47(56)42-44-48(57)64-45(36-15-9-6-10-16-36)43(35-13-7-5-8-14-35)54(44)46(38-17-11-12-18-41(38)62-29-28-55)51(42)39-32-34(20-19-33-21-24-37(61-3)25-22-33)23-26-40(39)53(49(51)58)50(59)63-31-30-60-2/h4-18,21-26,32,42-46,55H,1,27-31H2,2-3H3,(H,52,56)/t42-,43-,44-,45+,46+,51-/m0/s1. The molecule has 0 saturated carbocycles. The molecule has 0 unspecified atom stereocenters. The number of esters is 1. The van der Waals surface area contributed by atoms with E-state index in [1.54, 1.807) is 61.7 Å². The molecule has 2 N–H and O–H groups in total. The van der Waals surface area contributed by atoms with Crippen molar-refractivity contribution in [2.24, 2.45) is 5.92 Å². The van der Waals surface area contributed by atoms with Crippen LogP contribution in [-0.4, -0.2) is 87.1 Å². The Bertz CT molecular complexity index is 2590. The summed E-state index contributed by atoms with van der Waals surface area (Å²) in [6, 6.07) is 34.5. The van der Waals surface area contributed by atoms with E-state index in [9.17, 15) is 9.90 Å². The van der Waals surface area contributed by atoms with Gasteiger partial charge in [0.2, 0.25) is 11.8 Å². The van der Waals surface area contributed by atoms with Crippen LogP contribution in [0.25, 0.3) is 0 Å². The number of nitrogens with one attached hydrogen (secondary N) is 1. The van der Waals surface area contributed by atoms with E-state index in [0.29, 0.717) is 33.8 Å². The van der Waals surface area contributed by atoms with E-state index in [0.717, 1.165) is 10.5 Å². The predicted octanol–water partition coefficient (Wildman–Crippen LogP) is 6.22. The summed E-state index contributed by atoms with van der Waals surface area (Å²) in [5.74, 6) is 3.60. The van der Waals surface area contributed by atoms with Crippen LogP contribution in [0.5, 0.6) is 11.5 Å². The molecule has 0 aromatic heterocycles. The number of carbonyl (C=O) groups excluding carboxylic acids is 4. The van der Waals surface area contributed by atoms with Crippen LogP contribution >= 0.6 is 0 Å². The third kappa shape index (κ3) is 7.77. The highest BCUT2D eigenvalue weighted by atomic mass is 16.6. The van der Waals surface area contributed by atoms with Crippen LogP contribution in [0.3, 0.4) is 0 Å². The van der Waals surface area contributed by atoms with Crippen LogP contribution in [0.1, 0.15) is 51.6 Å². The molecule has 0 radical (unpaired) electrons. The topological polar surface area (TPSA) is 153 Å². The van der Waals surface area contributed by atoms with Crippen LogP contribution in [0.4, 0.5) is 10.5 Å². The zero-order chi connectivity index (χ0) is 44.8. The first-order valence-corrected chi connectivity index (χ1v) is 20.9. The third-order valence-corrected chi connectivity index (χ3v) is 11.9. The number of carbonyl (C=O) groups is 4. The summed E-state index contributed by atoms with van der Waals surface area (Å²) in [4.78, 5) is 64.0. The van der Waals surface area contributed by atoms with Crippen LogP contribution in [-0.2, 0) is 34.0 Å². The van der Waals surface area contributed by atoms with Gasteiger partial charge in [-0.25, -0.2) is 9.69 Å². The number of fused-ring (bicyclic) bond motifs is 3. The Hall–Kier alpha value is -7.24. The minimum absolute atomic E-state index is 0.00000234. The molecule has 0 bridgehead atoms. The highest BCUT2D eigenvalue weighted by Crippen LogP contribution is 2.66. The SMILES string of the molecule is C=CCNC(=O)[C@@H]1[C@H]2C(=O)O[C@H](c3ccccc3)[C@H](c3ccccc3)N2[C@H](c2ccccc2OCCO)[C@@]12C(=O)N(C(=O)OCCOC)c1ccc(C#Cc3ccc(OC)cc3)cc12. The first kappa shape index (κ1) is 43.4. The van der Waals surface area contributed by atoms with Gasteiger partial charge in [0, 0.05) is 30.3 Å². The highest BCUT2D eigenvalue weighted by molar-refractivity contribution is 6.23. The molecule has 2 saturated heterocycles. The largest absolute Gasteiger partial charge is 0.497 e. The third-order valence-electron chi connectivity index (χ3n) is 11.9. The second-order valence-electron chi connectivity index (χ2n) is 15.4. The number of cyclic esters (lactones) is 1. The summed E-state index contributed by atoms with van der Waals surface area (Å²) in [5, 5.41) is 12.9. The van der Waals surface area contributed by atoms with E-state index >= 15 is 14.4 Å². The molecule has 3 aliphatic heterocycles. The zero-order valence-electron chi connectivity index (χ0n) is 35.3. The molecule has 326 valence electrons. The van der Waals surface area contributed by atoms with E-state index < -0.39 is 59.4 Å². The Labute approximate surface area is 371 Å². The van der Waals surface area contributed by atoms with Crippen LogP contribution < -0.4 is 19.7 Å². The fraction of sp³-hybridized carbons (Fsp3) is 0.255. The van der Waals surface area contributed by atoms with Gasteiger partial charge >= 0.3 is 12.1 Å². The quantitative estimate of drug-likeness (QED) is 0.0601. The van der Waals surface area contributed by atoms with E-state index in [2.05, 4.69) is 23.7 Å². The number of imide groups is 1. The lowest BCUT2D eigenvalue weighted by atomic mass is 9.65. The number of aliphatic hydroxyl groups excluding tert-OH is 1. The number of para-hydroxylation sites is 1. The van der Waals surface area contributed by atoms with Crippen molar-refractivity contribution in [3.63, 3.8) is 0 Å². The molecule has 1 spiro atoms. The smallest absolute Gasteiger partial charge is 0.421 e. The van der Waals surface area contributed by atoms with Crippen LogP contribution in [0.2, 0.25) is 0 Å². The molecule has 5 aromatic carbocycles. The number of aliphatic hydroxyl groups is 1. The number of hydrogen-bond donors (Lipinski definition) is 2. The summed E-state index contributed by atoms with van der Waals surface area (Å²) in [5.41, 5.74) is 1.31. The van der Waals surface area contributed by atoms with Gasteiger partial charge in [-0.2, -0.15) is 0 Å². The maximum Gasteiger partial charge on any atom is 0.421 e. The molecule has 8 rings (SSSR count). The van der Waals surface area contributed by atoms with Crippen molar-refractivity contribution in [2.75, 3.05) is 52.1 Å². The first-order chi connectivity index (χ1) is 31.3. The van der Waals surface area contributed by atoms with Crippen molar-refractivity contribution in [1.82, 2.24) is 10.2 Å². The number of nitrogens with zero attached hydrogens (tertiary/aromatic N) is 2. The maximum absolute atomic E-state index is 16.2. The monoisotopic (exact) mass is 861 g/mol. The van der Waals surface area contributed by atoms with Crippen molar-refractivity contribution in [2.45, 2.75) is 29.6 Å². The Morgan fingerprint density at radius 3 is 2.19 bits per heavy atom. The Balaban J connectivity index is 1.46. The van der Waals surface area contributed by atoms with Crippen molar-refractivity contribution in [1.29, 1.82) is 0 Å². The fourth-order valence-corrected chi connectivity index (χ4v) is 9.31. The van der Waals surface area contributed by atoms with E-state index in [-0.39, 0.29) is 44.2 Å². The van der Waals surface area contributed by atoms with Gasteiger partial charge in [-0.15, -0.1) is 6.58 Å². The van der Waals surface area contributed by atoms with Gasteiger partial charge in [0.05, 0.1) is 44.0 Å². The van der Waals surface area contributed by atoms with Crippen LogP contribution in [0, 0.1) is 17.8 Å². The van der Waals surface area contributed by atoms with Gasteiger partial charge in [0.1, 0.15) is 42.3 Å². The Morgan fingerprint density at radius 2 is 1.50 bits per heavy atom. The van der Waals surface area contributed by atoms with Crippen molar-refractivity contribution in [3.05, 3.63) is 173 Å². The average Bonchev–Trinajstić information content (AvgIpc) is 3.78. The second-order valence-corrected chi connectivity index (χ2v) is 15.4. The van der Waals surface area contributed by atoms with Gasteiger partial charge in [0.25, 0.3) is 0 Å². The van der Waals surface area contributed by atoms with E-state index in [4.69, 9.17) is 23.7 Å². The van der Waals surface area contributed by atoms with E-state index in [1.807, 2.05) is 77.7 Å². The second kappa shape index (κ2) is 19.0. The summed E-state index contributed by atoms with van der Waals surface area (Å²) in [7, 11) is 3.04. The average molecular weight is 862 g/mol. The molecule has 3 aliphatic rings. The normalized spacial score (nSPS) is 22.1. The summed E-state index contributed by atoms with van der Waals surface area (Å²) >= 11 is 0. The van der Waals surface area contributed by atoms with Gasteiger partial charge in [0.15, 0.2) is 0 Å². The van der Waals surface area contributed by atoms with Gasteiger partial charge in [-0.3, -0.25) is 19.3 Å². The number of morpholine rings is 1. The molecular formula is C51H47N3O10. The molecule has 2 fully saturated rings. The van der Waals surface area contributed by atoms with Crippen molar-refractivity contribution < 1.29 is 48.0 Å². The maximum atomic E-state index is 16.2. The molecule has 5 aromatic rings. The zero-order valence-corrected chi connectivity index (χ0v) is 35.3. The molecule has 3 heterocycles. The number of hydrogen-bond acceptors (Lipinski definition) is 11. The Morgan fingerprint density at radius 1 is 0.828 bits per heavy atom. The summed E-state index contributed by atoms with van der Waals surface area (Å²) < 4.78 is 28.9. The van der Waals surface area contributed by atoms with Crippen LogP contribution in [0.15, 0.2) is 140 Å². The first-order valence-electron chi connectivity index (χ1n) is 20.9. The fourth-order valence-electron chi connectivity index (χ4n) is 9.31. The lowest BCUT2D eigenvalue weighted by Gasteiger charge is -2.46. The molecular weight excluding hydrogens is 815 g/mol. The van der Waals surface area contributed by atoms with Gasteiger partial charge in [-0.05, 0) is 65.2 Å². The lowest BCUT2D eigenvalue weighted by molar-refractivity contribution is -0.178. The number of amides is 3. The molecule has 6 atom stereocenters. The summed E-state index contributed by atoms with van der Waals surface area (Å²) in [6.45, 7) is 3.26. The molecule has 13 heteroatoms. The molecule has 64 heavy (non-hydrogen) atoms. The molecule has 0 aliphatic carbocycles. The number of rotatable bonds is 13. The number of ether oxygens (including phenoxy) is 5. The van der Waals surface area contributed by atoms with Gasteiger partial charge < -0.3 is 34.1 Å². The lowest BCUT2D eigenvalue weighted by Crippen LogP contribution is -2.55. The predicted molar refractivity (Wildman–Crippen MR) is 236 cm³/mol. The van der Waals surface area contributed by atoms with Crippen molar-refractivity contribution >= 4 is 29.6 Å². The van der Waals surface area contributed by atoms with Gasteiger partial charge in [-0.1, -0.05) is 96.8 Å². The van der Waals surface area contributed by atoms with E-state index in [1.165, 1.54) is 13.2 Å². The number of benzene rings is 5. The minimum atomic E-state index is -2.07. The molecule has 13 nitrogen and oxygen atoms in total. The summed E-state index contributed by atoms with van der Waals surface area (Å²) in [6.07, 6.45) is -0.429. The number of anilines is 1. The minimum Gasteiger partial charge on any atom is -0.497 e. The molecule has 3 amide bonds. The Kier molecular flexibility index (Phi) is 12.9. The number of methoxy groups -OCH3 is 2.